The Hall–Kier alpha value is -0.770. The fourth-order valence-corrected chi connectivity index (χ4v) is 4.87. The van der Waals surface area contributed by atoms with Gasteiger partial charge in [0.05, 0.1) is 0 Å². The molecule has 0 aliphatic heterocycles. The van der Waals surface area contributed by atoms with Crippen LogP contribution in [-0.2, 0) is 11.3 Å². The van der Waals surface area contributed by atoms with Crippen molar-refractivity contribution < 1.29 is 9.53 Å². The SMILES string of the molecule is CCn1cc(Br)cc1C(=O)OC1CC2CCC1(C)C2(C)C. The van der Waals surface area contributed by atoms with Crippen molar-refractivity contribution in [3.8, 4) is 0 Å². The third-order valence-electron chi connectivity index (χ3n) is 6.38. The molecule has 4 heteroatoms. The molecule has 0 spiro atoms. The number of fused-ring (bicyclic) bond motifs is 2. The first kappa shape index (κ1) is 15.1. The first-order valence-corrected chi connectivity index (χ1v) is 8.65. The van der Waals surface area contributed by atoms with Crippen LogP contribution in [0.15, 0.2) is 16.7 Å². The van der Waals surface area contributed by atoms with Crippen LogP contribution in [0.3, 0.4) is 0 Å². The molecule has 0 amide bonds. The molecule has 0 radical (unpaired) electrons. The minimum absolute atomic E-state index is 0.0535. The lowest BCUT2D eigenvalue weighted by Crippen LogP contribution is -2.38. The highest BCUT2D eigenvalue weighted by Gasteiger charge is 2.62. The molecule has 3 nitrogen and oxygen atoms in total. The minimum Gasteiger partial charge on any atom is -0.457 e. The fourth-order valence-electron chi connectivity index (χ4n) is 4.41. The fraction of sp³-hybridized carbons (Fsp3) is 0.706. The molecule has 3 rings (SSSR count). The van der Waals surface area contributed by atoms with Gasteiger partial charge in [0.1, 0.15) is 11.8 Å². The monoisotopic (exact) mass is 353 g/mol. The molecule has 1 heterocycles. The average Bonchev–Trinajstić information content (AvgIpc) is 2.96. The van der Waals surface area contributed by atoms with Crippen LogP contribution < -0.4 is 0 Å². The van der Waals surface area contributed by atoms with Gasteiger partial charge in [0, 0.05) is 22.6 Å². The summed E-state index contributed by atoms with van der Waals surface area (Å²) < 4.78 is 8.81. The van der Waals surface area contributed by atoms with Crippen molar-refractivity contribution in [3.05, 3.63) is 22.4 Å². The van der Waals surface area contributed by atoms with E-state index in [0.717, 1.165) is 17.4 Å². The van der Waals surface area contributed by atoms with E-state index < -0.39 is 0 Å². The normalized spacial score (nSPS) is 33.4. The molecule has 0 aromatic carbocycles. The highest BCUT2D eigenvalue weighted by Crippen LogP contribution is 2.66. The first-order valence-electron chi connectivity index (χ1n) is 7.86. The van der Waals surface area contributed by atoms with Crippen LogP contribution in [0.5, 0.6) is 0 Å². The van der Waals surface area contributed by atoms with Crippen LogP contribution in [0.2, 0.25) is 0 Å². The van der Waals surface area contributed by atoms with Gasteiger partial charge in [0.15, 0.2) is 0 Å². The van der Waals surface area contributed by atoms with Crippen LogP contribution >= 0.6 is 15.9 Å². The number of halogens is 1. The number of rotatable bonds is 3. The molecular formula is C17H24BrNO2. The van der Waals surface area contributed by atoms with Crippen molar-refractivity contribution in [2.24, 2.45) is 16.7 Å². The maximum absolute atomic E-state index is 12.6. The largest absolute Gasteiger partial charge is 0.457 e. The number of carbonyl (C=O) groups excluding carboxylic acids is 1. The van der Waals surface area contributed by atoms with Crippen molar-refractivity contribution >= 4 is 21.9 Å². The molecule has 0 saturated heterocycles. The lowest BCUT2D eigenvalue weighted by molar-refractivity contribution is -0.0250. The average molecular weight is 354 g/mol. The van der Waals surface area contributed by atoms with Gasteiger partial charge in [-0.3, -0.25) is 0 Å². The maximum Gasteiger partial charge on any atom is 0.355 e. The topological polar surface area (TPSA) is 31.2 Å². The smallest absolute Gasteiger partial charge is 0.355 e. The summed E-state index contributed by atoms with van der Waals surface area (Å²) in [5.41, 5.74) is 1.04. The van der Waals surface area contributed by atoms with Gasteiger partial charge in [-0.25, -0.2) is 4.79 Å². The van der Waals surface area contributed by atoms with Gasteiger partial charge in [-0.1, -0.05) is 20.8 Å². The molecule has 2 saturated carbocycles. The second-order valence-electron chi connectivity index (χ2n) is 7.33. The van der Waals surface area contributed by atoms with Gasteiger partial charge in [0.25, 0.3) is 0 Å². The van der Waals surface area contributed by atoms with Gasteiger partial charge in [-0.05, 0) is 59.5 Å². The summed E-state index contributed by atoms with van der Waals surface area (Å²) in [6.07, 6.45) is 5.44. The van der Waals surface area contributed by atoms with E-state index in [9.17, 15) is 4.79 Å². The van der Waals surface area contributed by atoms with Crippen LogP contribution in [0.1, 0.15) is 57.4 Å². The van der Waals surface area contributed by atoms with E-state index in [1.807, 2.05) is 23.8 Å². The Kier molecular flexibility index (Phi) is 3.51. The molecule has 2 fully saturated rings. The number of nitrogens with zero attached hydrogens (tertiary/aromatic N) is 1. The number of ether oxygens (including phenoxy) is 1. The summed E-state index contributed by atoms with van der Waals surface area (Å²) >= 11 is 3.44. The van der Waals surface area contributed by atoms with Crippen molar-refractivity contribution in [3.63, 3.8) is 0 Å². The third kappa shape index (κ3) is 2.09. The van der Waals surface area contributed by atoms with E-state index in [1.54, 1.807) is 0 Å². The Balaban J connectivity index is 1.80. The van der Waals surface area contributed by atoms with Crippen molar-refractivity contribution in [2.45, 2.75) is 59.6 Å². The predicted molar refractivity (Wildman–Crippen MR) is 86.2 cm³/mol. The molecule has 2 aliphatic rings. The molecule has 3 atom stereocenters. The van der Waals surface area contributed by atoms with Gasteiger partial charge in [-0.15, -0.1) is 0 Å². The maximum atomic E-state index is 12.6. The Bertz CT molecular complexity index is 577. The lowest BCUT2D eigenvalue weighted by atomic mass is 9.70. The van der Waals surface area contributed by atoms with Gasteiger partial charge >= 0.3 is 5.97 Å². The molecule has 21 heavy (non-hydrogen) atoms. The second-order valence-corrected chi connectivity index (χ2v) is 8.25. The summed E-state index contributed by atoms with van der Waals surface area (Å²) in [6, 6.07) is 1.85. The number of hydrogen-bond donors (Lipinski definition) is 0. The van der Waals surface area contributed by atoms with Gasteiger partial charge in [0.2, 0.25) is 0 Å². The lowest BCUT2D eigenvalue weighted by Gasteiger charge is -2.38. The highest BCUT2D eigenvalue weighted by molar-refractivity contribution is 9.10. The van der Waals surface area contributed by atoms with Gasteiger partial charge in [-0.2, -0.15) is 0 Å². The van der Waals surface area contributed by atoms with Crippen LogP contribution in [0.25, 0.3) is 0 Å². The molecule has 116 valence electrons. The second kappa shape index (κ2) is 4.87. The predicted octanol–water partition coefficient (Wildman–Crippen LogP) is 4.64. The van der Waals surface area contributed by atoms with E-state index in [-0.39, 0.29) is 22.9 Å². The summed E-state index contributed by atoms with van der Waals surface area (Å²) in [7, 11) is 0. The van der Waals surface area contributed by atoms with E-state index in [0.29, 0.717) is 11.6 Å². The van der Waals surface area contributed by atoms with Crippen molar-refractivity contribution in [1.29, 1.82) is 0 Å². The summed E-state index contributed by atoms with van der Waals surface area (Å²) in [4.78, 5) is 12.6. The quantitative estimate of drug-likeness (QED) is 0.741. The zero-order chi connectivity index (χ0) is 15.4. The Labute approximate surface area is 135 Å². The number of aromatic nitrogens is 1. The standard InChI is InChI=1S/C17H24BrNO2/c1-5-19-10-12(18)9-13(19)15(20)21-14-8-11-6-7-17(14,4)16(11,2)3/h9-11,14H,5-8H2,1-4H3. The molecule has 0 N–H and O–H groups in total. The Morgan fingerprint density at radius 3 is 2.71 bits per heavy atom. The minimum atomic E-state index is -0.183. The third-order valence-corrected chi connectivity index (χ3v) is 6.81. The number of esters is 1. The van der Waals surface area contributed by atoms with E-state index in [4.69, 9.17) is 4.74 Å². The van der Waals surface area contributed by atoms with Crippen molar-refractivity contribution in [1.82, 2.24) is 4.57 Å². The Morgan fingerprint density at radius 1 is 1.48 bits per heavy atom. The van der Waals surface area contributed by atoms with E-state index in [1.165, 1.54) is 12.8 Å². The number of aryl methyl sites for hydroxylation is 1. The summed E-state index contributed by atoms with van der Waals surface area (Å²) in [5, 5.41) is 0. The molecule has 2 aliphatic carbocycles. The molecular weight excluding hydrogens is 330 g/mol. The van der Waals surface area contributed by atoms with Crippen LogP contribution in [-0.4, -0.2) is 16.6 Å². The van der Waals surface area contributed by atoms with Crippen molar-refractivity contribution in [2.75, 3.05) is 0 Å². The molecule has 2 bridgehead atoms. The molecule has 3 unspecified atom stereocenters. The zero-order valence-electron chi connectivity index (χ0n) is 13.3. The van der Waals surface area contributed by atoms with E-state index >= 15 is 0 Å². The van der Waals surface area contributed by atoms with E-state index in [2.05, 4.69) is 36.7 Å². The summed E-state index contributed by atoms with van der Waals surface area (Å²) in [6.45, 7) is 9.78. The Morgan fingerprint density at radius 2 is 2.19 bits per heavy atom. The summed E-state index contributed by atoms with van der Waals surface area (Å²) in [5.74, 6) is 0.502. The highest BCUT2D eigenvalue weighted by atomic mass is 79.9. The van der Waals surface area contributed by atoms with Gasteiger partial charge < -0.3 is 9.30 Å². The van der Waals surface area contributed by atoms with Crippen LogP contribution in [0.4, 0.5) is 0 Å². The number of hydrogen-bond acceptors (Lipinski definition) is 2. The molecule has 1 aromatic heterocycles. The number of carbonyl (C=O) groups is 1. The van der Waals surface area contributed by atoms with Crippen LogP contribution in [0, 0.1) is 16.7 Å². The first-order chi connectivity index (χ1) is 9.79. The molecule has 1 aromatic rings. The zero-order valence-corrected chi connectivity index (χ0v) is 14.9.